The van der Waals surface area contributed by atoms with Crippen molar-refractivity contribution in [3.05, 3.63) is 30.5 Å². The third-order valence-corrected chi connectivity index (χ3v) is 3.97. The highest BCUT2D eigenvalue weighted by molar-refractivity contribution is 5.91. The van der Waals surface area contributed by atoms with E-state index < -0.39 is 0 Å². The Labute approximate surface area is 117 Å². The number of methoxy groups -OCH3 is 1. The summed E-state index contributed by atoms with van der Waals surface area (Å²) in [6.07, 6.45) is 1.76. The van der Waals surface area contributed by atoms with Crippen molar-refractivity contribution in [1.82, 2.24) is 10.2 Å². The number of ether oxygens (including phenoxy) is 1. The van der Waals surface area contributed by atoms with Gasteiger partial charge in [0.2, 0.25) is 0 Å². The van der Waals surface area contributed by atoms with E-state index in [-0.39, 0.29) is 17.8 Å². The molecule has 104 valence electrons. The molecule has 0 amide bonds. The number of carbonyl (C=O) groups is 1. The Bertz CT molecular complexity index is 639. The smallest absolute Gasteiger partial charge is 0.310 e. The summed E-state index contributed by atoms with van der Waals surface area (Å²) in [5, 5.41) is 10.5. The van der Waals surface area contributed by atoms with Crippen molar-refractivity contribution in [3.8, 4) is 0 Å². The van der Waals surface area contributed by atoms with Gasteiger partial charge >= 0.3 is 5.97 Å². The highest BCUT2D eigenvalue weighted by Crippen LogP contribution is 2.31. The van der Waals surface area contributed by atoms with Gasteiger partial charge in [-0.25, -0.2) is 0 Å². The molecule has 2 aromatic rings. The maximum Gasteiger partial charge on any atom is 0.310 e. The van der Waals surface area contributed by atoms with Gasteiger partial charge in [0.15, 0.2) is 5.82 Å². The number of nitrogens with zero attached hydrogens (tertiary/aromatic N) is 3. The third-order valence-electron chi connectivity index (χ3n) is 3.97. The molecule has 2 heterocycles. The first-order valence-electron chi connectivity index (χ1n) is 6.74. The topological polar surface area (TPSA) is 55.3 Å². The Hall–Kier alpha value is -2.17. The Morgan fingerprint density at radius 1 is 1.35 bits per heavy atom. The lowest BCUT2D eigenvalue weighted by molar-refractivity contribution is -0.145. The van der Waals surface area contributed by atoms with Crippen LogP contribution in [0.25, 0.3) is 10.8 Å². The summed E-state index contributed by atoms with van der Waals surface area (Å²) in [5.41, 5.74) is 0. The van der Waals surface area contributed by atoms with E-state index in [0.29, 0.717) is 6.54 Å². The number of rotatable bonds is 2. The molecule has 0 N–H and O–H groups in total. The van der Waals surface area contributed by atoms with Crippen LogP contribution in [0.3, 0.4) is 0 Å². The number of anilines is 1. The normalized spacial score (nSPS) is 22.2. The zero-order chi connectivity index (χ0) is 14.1. The van der Waals surface area contributed by atoms with Crippen LogP contribution in [0.5, 0.6) is 0 Å². The average Bonchev–Trinajstić information content (AvgIpc) is 2.87. The van der Waals surface area contributed by atoms with E-state index in [1.807, 2.05) is 24.3 Å². The molecule has 2 atom stereocenters. The fourth-order valence-corrected chi connectivity index (χ4v) is 2.84. The molecule has 0 aliphatic carbocycles. The zero-order valence-corrected chi connectivity index (χ0v) is 11.6. The number of esters is 1. The summed E-state index contributed by atoms with van der Waals surface area (Å²) >= 11 is 0. The molecular weight excluding hydrogens is 254 g/mol. The molecule has 3 rings (SSSR count). The Morgan fingerprint density at radius 2 is 2.15 bits per heavy atom. The fraction of sp³-hybridized carbons (Fsp3) is 0.400. The Balaban J connectivity index is 1.95. The monoisotopic (exact) mass is 271 g/mol. The van der Waals surface area contributed by atoms with Gasteiger partial charge in [0.1, 0.15) is 0 Å². The fourth-order valence-electron chi connectivity index (χ4n) is 2.84. The maximum absolute atomic E-state index is 11.8. The summed E-state index contributed by atoms with van der Waals surface area (Å²) in [4.78, 5) is 13.9. The summed E-state index contributed by atoms with van der Waals surface area (Å²) in [6, 6.07) is 8.03. The predicted molar refractivity (Wildman–Crippen MR) is 76.4 cm³/mol. The van der Waals surface area contributed by atoms with Crippen LogP contribution in [0, 0.1) is 11.8 Å². The van der Waals surface area contributed by atoms with Crippen molar-refractivity contribution in [2.75, 3.05) is 25.1 Å². The van der Waals surface area contributed by atoms with Crippen LogP contribution in [0.2, 0.25) is 0 Å². The van der Waals surface area contributed by atoms with Crippen LogP contribution in [0.1, 0.15) is 6.92 Å². The van der Waals surface area contributed by atoms with Gasteiger partial charge in [0.05, 0.1) is 19.2 Å². The summed E-state index contributed by atoms with van der Waals surface area (Å²) in [7, 11) is 1.44. The Kier molecular flexibility index (Phi) is 3.26. The summed E-state index contributed by atoms with van der Waals surface area (Å²) in [5.74, 6) is 0.860. The Morgan fingerprint density at radius 3 is 2.95 bits per heavy atom. The van der Waals surface area contributed by atoms with Crippen molar-refractivity contribution >= 4 is 22.6 Å². The predicted octanol–water partition coefficient (Wildman–Crippen LogP) is 1.88. The van der Waals surface area contributed by atoms with Gasteiger partial charge in [-0.3, -0.25) is 4.79 Å². The van der Waals surface area contributed by atoms with Gasteiger partial charge in [0.25, 0.3) is 0 Å². The van der Waals surface area contributed by atoms with Crippen molar-refractivity contribution in [2.45, 2.75) is 6.92 Å². The molecule has 0 saturated carbocycles. The molecule has 1 aliphatic rings. The van der Waals surface area contributed by atoms with E-state index in [9.17, 15) is 4.79 Å². The van der Waals surface area contributed by atoms with Crippen molar-refractivity contribution in [2.24, 2.45) is 11.8 Å². The number of hydrogen-bond acceptors (Lipinski definition) is 5. The van der Waals surface area contributed by atoms with Crippen LogP contribution in [-0.2, 0) is 9.53 Å². The number of fused-ring (bicyclic) bond motifs is 1. The zero-order valence-electron chi connectivity index (χ0n) is 11.6. The van der Waals surface area contributed by atoms with Crippen LogP contribution in [-0.4, -0.2) is 36.4 Å². The first kappa shape index (κ1) is 12.8. The van der Waals surface area contributed by atoms with E-state index in [1.165, 1.54) is 7.11 Å². The van der Waals surface area contributed by atoms with E-state index in [1.54, 1.807) is 6.20 Å². The molecule has 0 radical (unpaired) electrons. The lowest BCUT2D eigenvalue weighted by atomic mass is 9.99. The maximum atomic E-state index is 11.8. The number of hydrogen-bond donors (Lipinski definition) is 0. The first-order valence-corrected chi connectivity index (χ1v) is 6.74. The molecule has 1 aliphatic heterocycles. The van der Waals surface area contributed by atoms with Gasteiger partial charge in [-0.2, -0.15) is 5.10 Å². The lowest BCUT2D eigenvalue weighted by Gasteiger charge is -2.18. The van der Waals surface area contributed by atoms with Crippen LogP contribution in [0.15, 0.2) is 30.5 Å². The van der Waals surface area contributed by atoms with Gasteiger partial charge < -0.3 is 9.64 Å². The van der Waals surface area contributed by atoms with E-state index in [4.69, 9.17) is 4.74 Å². The SMILES string of the molecule is COC(=O)C1CN(c2nncc3ccccc23)CC1C. The highest BCUT2D eigenvalue weighted by Gasteiger charge is 2.36. The number of aromatic nitrogens is 2. The molecule has 1 fully saturated rings. The molecule has 0 bridgehead atoms. The first-order chi connectivity index (χ1) is 9.70. The van der Waals surface area contributed by atoms with Crippen molar-refractivity contribution in [1.29, 1.82) is 0 Å². The molecule has 1 aromatic carbocycles. The molecule has 5 heteroatoms. The van der Waals surface area contributed by atoms with Gasteiger partial charge in [-0.1, -0.05) is 31.2 Å². The second-order valence-corrected chi connectivity index (χ2v) is 5.27. The van der Waals surface area contributed by atoms with E-state index in [0.717, 1.165) is 23.1 Å². The van der Waals surface area contributed by atoms with Gasteiger partial charge in [-0.05, 0) is 5.92 Å². The minimum Gasteiger partial charge on any atom is -0.469 e. The van der Waals surface area contributed by atoms with E-state index >= 15 is 0 Å². The van der Waals surface area contributed by atoms with Crippen molar-refractivity contribution in [3.63, 3.8) is 0 Å². The van der Waals surface area contributed by atoms with Crippen LogP contribution in [0.4, 0.5) is 5.82 Å². The van der Waals surface area contributed by atoms with Crippen molar-refractivity contribution < 1.29 is 9.53 Å². The largest absolute Gasteiger partial charge is 0.469 e. The van der Waals surface area contributed by atoms with E-state index in [2.05, 4.69) is 22.0 Å². The number of benzene rings is 1. The molecule has 2 unspecified atom stereocenters. The molecule has 5 nitrogen and oxygen atoms in total. The molecular formula is C15H17N3O2. The van der Waals surface area contributed by atoms with Gasteiger partial charge in [0, 0.05) is 23.9 Å². The third kappa shape index (κ3) is 2.09. The molecule has 20 heavy (non-hydrogen) atoms. The van der Waals surface area contributed by atoms with Crippen LogP contribution < -0.4 is 4.90 Å². The second kappa shape index (κ2) is 5.07. The minimum atomic E-state index is -0.145. The minimum absolute atomic E-state index is 0.0965. The average molecular weight is 271 g/mol. The summed E-state index contributed by atoms with van der Waals surface area (Å²) in [6.45, 7) is 3.50. The molecule has 0 spiro atoms. The second-order valence-electron chi connectivity index (χ2n) is 5.27. The highest BCUT2D eigenvalue weighted by atomic mass is 16.5. The van der Waals surface area contributed by atoms with Crippen LogP contribution >= 0.6 is 0 Å². The van der Waals surface area contributed by atoms with Gasteiger partial charge in [-0.15, -0.1) is 5.10 Å². The molecule has 1 aromatic heterocycles. The standard InChI is InChI=1S/C15H17N3O2/c1-10-8-18(9-13(10)15(19)20-2)14-12-6-4-3-5-11(12)7-16-17-14/h3-7,10,13H,8-9H2,1-2H3. The lowest BCUT2D eigenvalue weighted by Crippen LogP contribution is -2.25. The summed E-state index contributed by atoms with van der Waals surface area (Å²) < 4.78 is 4.87. The number of carbonyl (C=O) groups excluding carboxylic acids is 1. The quantitative estimate of drug-likeness (QED) is 0.781. The molecule has 1 saturated heterocycles.